The van der Waals surface area contributed by atoms with Gasteiger partial charge in [-0.25, -0.2) is 0 Å². The zero-order chi connectivity index (χ0) is 14.8. The summed E-state index contributed by atoms with van der Waals surface area (Å²) in [7, 11) is 0. The third kappa shape index (κ3) is 3.02. The van der Waals surface area contributed by atoms with Gasteiger partial charge in [-0.2, -0.15) is 18.4 Å². The number of nitrogens with zero attached hydrogens (tertiary/aromatic N) is 3. The number of carbonyl (C=O) groups is 1. The van der Waals surface area contributed by atoms with Crippen molar-refractivity contribution in [1.82, 2.24) is 25.9 Å². The maximum Gasteiger partial charge on any atom is 0.416 e. The highest BCUT2D eigenvalue weighted by molar-refractivity contribution is 5.99. The first-order chi connectivity index (χ1) is 9.38. The van der Waals surface area contributed by atoms with Crippen LogP contribution in [0.2, 0.25) is 0 Å². The Hall–Kier alpha value is -2.65. The normalized spacial score (nSPS) is 11.3. The molecule has 4 N–H and O–H groups in total. The first kappa shape index (κ1) is 13.8. The van der Waals surface area contributed by atoms with Gasteiger partial charge >= 0.3 is 6.18 Å². The van der Waals surface area contributed by atoms with Crippen LogP contribution in [-0.2, 0) is 12.7 Å². The summed E-state index contributed by atoms with van der Waals surface area (Å²) >= 11 is 0. The Morgan fingerprint density at radius 3 is 2.75 bits per heavy atom. The van der Waals surface area contributed by atoms with Crippen molar-refractivity contribution in [3.05, 3.63) is 35.2 Å². The molecule has 0 atom stereocenters. The van der Waals surface area contributed by atoms with Crippen molar-refractivity contribution in [1.29, 1.82) is 0 Å². The summed E-state index contributed by atoms with van der Waals surface area (Å²) < 4.78 is 37.7. The molecule has 0 radical (unpaired) electrons. The minimum absolute atomic E-state index is 0.0522. The number of carbonyl (C=O) groups excluding carboxylic acids is 1. The van der Waals surface area contributed by atoms with Crippen molar-refractivity contribution in [2.45, 2.75) is 12.7 Å². The maximum absolute atomic E-state index is 12.6. The van der Waals surface area contributed by atoms with Gasteiger partial charge in [-0.3, -0.25) is 4.79 Å². The molecule has 2 rings (SSSR count). The number of hydrogen-bond acceptors (Lipinski definition) is 5. The van der Waals surface area contributed by atoms with E-state index in [0.29, 0.717) is 6.07 Å². The molecule has 0 aliphatic carbocycles. The molecule has 0 spiro atoms. The third-order valence-electron chi connectivity index (χ3n) is 2.42. The van der Waals surface area contributed by atoms with Crippen molar-refractivity contribution in [3.63, 3.8) is 0 Å². The molecule has 0 fully saturated rings. The van der Waals surface area contributed by atoms with E-state index in [1.165, 1.54) is 0 Å². The minimum atomic E-state index is -4.55. The van der Waals surface area contributed by atoms with Gasteiger partial charge in [-0.15, -0.1) is 10.2 Å². The Morgan fingerprint density at radius 1 is 1.40 bits per heavy atom. The number of amides is 1. The number of nitrogen functional groups attached to an aromatic ring is 1. The van der Waals surface area contributed by atoms with Crippen LogP contribution < -0.4 is 11.1 Å². The van der Waals surface area contributed by atoms with E-state index in [1.54, 1.807) is 0 Å². The van der Waals surface area contributed by atoms with Gasteiger partial charge < -0.3 is 11.1 Å². The van der Waals surface area contributed by atoms with Crippen molar-refractivity contribution in [2.75, 3.05) is 5.73 Å². The zero-order valence-corrected chi connectivity index (χ0v) is 9.90. The van der Waals surface area contributed by atoms with Crippen LogP contribution in [-0.4, -0.2) is 26.5 Å². The zero-order valence-electron chi connectivity index (χ0n) is 9.90. The second kappa shape index (κ2) is 5.15. The van der Waals surface area contributed by atoms with Gasteiger partial charge in [0.15, 0.2) is 5.82 Å². The number of rotatable bonds is 3. The molecule has 10 heteroatoms. The Labute approximate surface area is 110 Å². The summed E-state index contributed by atoms with van der Waals surface area (Å²) in [5, 5.41) is 15.0. The first-order valence-corrected chi connectivity index (χ1v) is 5.35. The van der Waals surface area contributed by atoms with Gasteiger partial charge in [0.05, 0.1) is 17.7 Å². The quantitative estimate of drug-likeness (QED) is 0.721. The molecule has 1 aromatic heterocycles. The molecule has 0 bridgehead atoms. The Bertz CT molecular complexity index is 610. The van der Waals surface area contributed by atoms with E-state index in [-0.39, 0.29) is 23.6 Å². The average Bonchev–Trinajstić information content (AvgIpc) is 2.88. The predicted molar refractivity (Wildman–Crippen MR) is 61.2 cm³/mol. The van der Waals surface area contributed by atoms with E-state index < -0.39 is 17.6 Å². The van der Waals surface area contributed by atoms with Crippen LogP contribution in [0.25, 0.3) is 0 Å². The van der Waals surface area contributed by atoms with E-state index in [4.69, 9.17) is 5.73 Å². The van der Waals surface area contributed by atoms with Gasteiger partial charge in [0.1, 0.15) is 0 Å². The SMILES string of the molecule is Nc1ccc(C(F)(F)F)cc1C(=O)NCc1nn[nH]n1. The lowest BCUT2D eigenvalue weighted by Gasteiger charge is -2.10. The molecule has 20 heavy (non-hydrogen) atoms. The number of hydrogen-bond donors (Lipinski definition) is 3. The van der Waals surface area contributed by atoms with Crippen LogP contribution in [0.5, 0.6) is 0 Å². The average molecular weight is 286 g/mol. The monoisotopic (exact) mass is 286 g/mol. The van der Waals surface area contributed by atoms with E-state index in [2.05, 4.69) is 25.9 Å². The van der Waals surface area contributed by atoms with Crippen molar-refractivity contribution in [3.8, 4) is 0 Å². The second-order valence-electron chi connectivity index (χ2n) is 3.81. The number of alkyl halides is 3. The number of H-pyrrole nitrogens is 1. The number of aromatic amines is 1. The minimum Gasteiger partial charge on any atom is -0.398 e. The van der Waals surface area contributed by atoms with Crippen molar-refractivity contribution >= 4 is 11.6 Å². The summed E-state index contributed by atoms with van der Waals surface area (Å²) in [6.07, 6.45) is -4.55. The molecule has 1 amide bonds. The van der Waals surface area contributed by atoms with Gasteiger partial charge in [0, 0.05) is 5.69 Å². The standard InChI is InChI=1S/C10H9F3N6O/c11-10(12,13)5-1-2-7(14)6(3-5)9(20)15-4-8-16-18-19-17-8/h1-3H,4,14H2,(H,15,20)(H,16,17,18,19). The highest BCUT2D eigenvalue weighted by Gasteiger charge is 2.31. The number of tetrazole rings is 1. The molecule has 106 valence electrons. The number of nitrogens with two attached hydrogens (primary N) is 1. The highest BCUT2D eigenvalue weighted by atomic mass is 19.4. The first-order valence-electron chi connectivity index (χ1n) is 5.35. The largest absolute Gasteiger partial charge is 0.416 e. The number of benzene rings is 1. The Balaban J connectivity index is 2.16. The molecular weight excluding hydrogens is 277 g/mol. The third-order valence-corrected chi connectivity index (χ3v) is 2.42. The van der Waals surface area contributed by atoms with Crippen molar-refractivity contribution in [2.24, 2.45) is 0 Å². The molecule has 0 aliphatic heterocycles. The summed E-state index contributed by atoms with van der Waals surface area (Å²) in [6, 6.07) is 2.54. The number of anilines is 1. The van der Waals surface area contributed by atoms with Crippen molar-refractivity contribution < 1.29 is 18.0 Å². The van der Waals surface area contributed by atoms with E-state index in [0.717, 1.165) is 12.1 Å². The fraction of sp³-hybridized carbons (Fsp3) is 0.200. The molecular formula is C10H9F3N6O. The van der Waals surface area contributed by atoms with Crippen LogP contribution in [0.1, 0.15) is 21.7 Å². The topological polar surface area (TPSA) is 110 Å². The van der Waals surface area contributed by atoms with E-state index in [9.17, 15) is 18.0 Å². The van der Waals surface area contributed by atoms with E-state index >= 15 is 0 Å². The fourth-order valence-electron chi connectivity index (χ4n) is 1.44. The summed E-state index contributed by atoms with van der Waals surface area (Å²) in [4.78, 5) is 11.8. The van der Waals surface area contributed by atoms with Crippen LogP contribution in [0.4, 0.5) is 18.9 Å². The molecule has 2 aromatic rings. The van der Waals surface area contributed by atoms with Gasteiger partial charge in [0.2, 0.25) is 0 Å². The van der Waals surface area contributed by atoms with Gasteiger partial charge in [-0.1, -0.05) is 5.21 Å². The lowest BCUT2D eigenvalue weighted by molar-refractivity contribution is -0.137. The summed E-state index contributed by atoms with van der Waals surface area (Å²) in [5.41, 5.74) is 4.24. The van der Waals surface area contributed by atoms with Crippen LogP contribution in [0.15, 0.2) is 18.2 Å². The molecule has 1 aromatic carbocycles. The van der Waals surface area contributed by atoms with Crippen LogP contribution in [0, 0.1) is 0 Å². The number of aromatic nitrogens is 4. The fourth-order valence-corrected chi connectivity index (χ4v) is 1.44. The Morgan fingerprint density at radius 2 is 2.15 bits per heavy atom. The van der Waals surface area contributed by atoms with E-state index in [1.807, 2.05) is 0 Å². The Kier molecular flexibility index (Phi) is 3.55. The van der Waals surface area contributed by atoms with Gasteiger partial charge in [-0.05, 0) is 18.2 Å². The molecule has 1 heterocycles. The molecule has 0 saturated heterocycles. The molecule has 7 nitrogen and oxygen atoms in total. The highest BCUT2D eigenvalue weighted by Crippen LogP contribution is 2.31. The molecule has 0 unspecified atom stereocenters. The lowest BCUT2D eigenvalue weighted by atomic mass is 10.1. The molecule has 0 aliphatic rings. The summed E-state index contributed by atoms with van der Waals surface area (Å²) in [5.74, 6) is -0.553. The predicted octanol–water partition coefficient (Wildman–Crippen LogP) is 0.731. The summed E-state index contributed by atoms with van der Waals surface area (Å²) in [6.45, 7) is -0.0784. The second-order valence-corrected chi connectivity index (χ2v) is 3.81. The number of nitrogens with one attached hydrogen (secondary N) is 2. The number of halogens is 3. The lowest BCUT2D eigenvalue weighted by Crippen LogP contribution is -2.25. The maximum atomic E-state index is 12.6. The smallest absolute Gasteiger partial charge is 0.398 e. The molecule has 0 saturated carbocycles. The van der Waals surface area contributed by atoms with Gasteiger partial charge in [0.25, 0.3) is 5.91 Å². The van der Waals surface area contributed by atoms with Crippen LogP contribution >= 0.6 is 0 Å². The van der Waals surface area contributed by atoms with Crippen LogP contribution in [0.3, 0.4) is 0 Å².